The molecule has 0 aromatic rings. The Kier molecular flexibility index (Phi) is 4.70. The van der Waals surface area contributed by atoms with E-state index in [1.807, 2.05) is 0 Å². The maximum atomic E-state index is 11.4. The van der Waals surface area contributed by atoms with Crippen LogP contribution in [0.1, 0.15) is 6.42 Å². The molecule has 3 N–H and O–H groups in total. The summed E-state index contributed by atoms with van der Waals surface area (Å²) >= 11 is 0. The molecule has 0 aromatic heterocycles. The molecule has 0 bridgehead atoms. The van der Waals surface area contributed by atoms with E-state index in [9.17, 15) is 14.4 Å². The number of hydrogen-bond acceptors (Lipinski definition) is 3. The molecule has 0 saturated carbocycles. The van der Waals surface area contributed by atoms with Crippen LogP contribution in [-0.2, 0) is 9.59 Å². The first-order valence-corrected chi connectivity index (χ1v) is 5.55. The highest BCUT2D eigenvalue weighted by atomic mass is 16.4. The molecule has 2 atom stereocenters. The van der Waals surface area contributed by atoms with E-state index >= 15 is 0 Å². The number of aliphatic carboxylic acids is 1. The summed E-state index contributed by atoms with van der Waals surface area (Å²) < 4.78 is 0. The first kappa shape index (κ1) is 14.0. The van der Waals surface area contributed by atoms with Gasteiger partial charge in [-0.25, -0.2) is 4.79 Å². The van der Waals surface area contributed by atoms with Gasteiger partial charge in [-0.05, 0) is 6.42 Å². The lowest BCUT2D eigenvalue weighted by molar-refractivity contribution is -0.140. The van der Waals surface area contributed by atoms with Crippen molar-refractivity contribution < 1.29 is 19.5 Å². The first-order valence-electron chi connectivity index (χ1n) is 5.55. The Hall–Kier alpha value is -2.05. The summed E-state index contributed by atoms with van der Waals surface area (Å²) in [5, 5.41) is 13.8. The van der Waals surface area contributed by atoms with Crippen molar-refractivity contribution in [2.75, 3.05) is 20.6 Å². The topological polar surface area (TPSA) is 98.7 Å². The van der Waals surface area contributed by atoms with Gasteiger partial charge in [0.25, 0.3) is 0 Å². The second kappa shape index (κ2) is 6.04. The fourth-order valence-electron chi connectivity index (χ4n) is 1.52. The van der Waals surface area contributed by atoms with E-state index < -0.39 is 17.9 Å². The van der Waals surface area contributed by atoms with Crippen LogP contribution in [-0.4, -0.2) is 54.6 Å². The van der Waals surface area contributed by atoms with Gasteiger partial charge in [-0.1, -0.05) is 12.2 Å². The summed E-state index contributed by atoms with van der Waals surface area (Å²) in [5.74, 6) is -1.67. The van der Waals surface area contributed by atoms with Gasteiger partial charge in [0.1, 0.15) is 0 Å². The molecular weight excluding hydrogens is 238 g/mol. The summed E-state index contributed by atoms with van der Waals surface area (Å²) in [6, 6.07) is -0.786. The van der Waals surface area contributed by atoms with E-state index in [1.54, 1.807) is 26.2 Å². The van der Waals surface area contributed by atoms with Crippen LogP contribution < -0.4 is 10.6 Å². The van der Waals surface area contributed by atoms with Gasteiger partial charge in [0.05, 0.1) is 18.5 Å². The van der Waals surface area contributed by atoms with Crippen molar-refractivity contribution in [2.24, 2.45) is 5.92 Å². The van der Waals surface area contributed by atoms with Gasteiger partial charge in [-0.15, -0.1) is 0 Å². The molecule has 0 radical (unpaired) electrons. The van der Waals surface area contributed by atoms with E-state index in [1.165, 1.54) is 4.90 Å². The predicted octanol–water partition coefficient (Wildman–Crippen LogP) is -0.597. The van der Waals surface area contributed by atoms with E-state index in [-0.39, 0.29) is 18.5 Å². The zero-order valence-electron chi connectivity index (χ0n) is 10.3. The average molecular weight is 255 g/mol. The lowest BCUT2D eigenvalue weighted by Crippen LogP contribution is -2.44. The van der Waals surface area contributed by atoms with E-state index in [2.05, 4.69) is 10.6 Å². The van der Waals surface area contributed by atoms with Crippen molar-refractivity contribution in [2.45, 2.75) is 12.5 Å². The Morgan fingerprint density at radius 1 is 1.33 bits per heavy atom. The summed E-state index contributed by atoms with van der Waals surface area (Å²) in [7, 11) is 3.19. The summed E-state index contributed by atoms with van der Waals surface area (Å²) in [6.07, 6.45) is 3.54. The largest absolute Gasteiger partial charge is 0.481 e. The van der Waals surface area contributed by atoms with Gasteiger partial charge in [-0.3, -0.25) is 9.59 Å². The minimum absolute atomic E-state index is 0.0857. The number of nitrogens with one attached hydrogen (secondary N) is 2. The van der Waals surface area contributed by atoms with Crippen molar-refractivity contribution >= 4 is 17.9 Å². The number of carboxylic acid groups (broad SMARTS) is 1. The molecule has 1 aliphatic rings. The zero-order chi connectivity index (χ0) is 13.7. The average Bonchev–Trinajstić information content (AvgIpc) is 2.74. The number of nitrogens with zero attached hydrogens (tertiary/aromatic N) is 1. The van der Waals surface area contributed by atoms with Gasteiger partial charge in [0.15, 0.2) is 0 Å². The number of hydrogen-bond donors (Lipinski definition) is 3. The van der Waals surface area contributed by atoms with Crippen LogP contribution in [0.3, 0.4) is 0 Å². The standard InChI is InChI=1S/C11H17N3O4/c1-14(2)9(15)6-12-11(18)13-8-4-3-7(5-8)10(16)17/h3-4,7-8H,5-6H2,1-2H3,(H,16,17)(H2,12,13,18). The van der Waals surface area contributed by atoms with E-state index in [0.29, 0.717) is 6.42 Å². The van der Waals surface area contributed by atoms with Crippen LogP contribution in [0.25, 0.3) is 0 Å². The maximum Gasteiger partial charge on any atom is 0.315 e. The number of rotatable bonds is 4. The highest BCUT2D eigenvalue weighted by Gasteiger charge is 2.25. The van der Waals surface area contributed by atoms with Crippen molar-refractivity contribution in [3.8, 4) is 0 Å². The number of carbonyl (C=O) groups excluding carboxylic acids is 2. The molecular formula is C11H17N3O4. The van der Waals surface area contributed by atoms with E-state index in [0.717, 1.165) is 0 Å². The SMILES string of the molecule is CN(C)C(=O)CNC(=O)NC1C=CC(C(=O)O)C1. The van der Waals surface area contributed by atoms with Crippen LogP contribution in [0.5, 0.6) is 0 Å². The number of urea groups is 1. The number of carboxylic acids is 1. The fraction of sp³-hybridized carbons (Fsp3) is 0.545. The Balaban J connectivity index is 2.28. The Labute approximate surface area is 105 Å². The monoisotopic (exact) mass is 255 g/mol. The third-order valence-corrected chi connectivity index (χ3v) is 2.62. The van der Waals surface area contributed by atoms with Crippen LogP contribution in [0.2, 0.25) is 0 Å². The second-order valence-electron chi connectivity index (χ2n) is 4.29. The van der Waals surface area contributed by atoms with Crippen LogP contribution in [0, 0.1) is 5.92 Å². The minimum atomic E-state index is -0.904. The summed E-state index contributed by atoms with van der Waals surface area (Å²) in [5.41, 5.74) is 0. The van der Waals surface area contributed by atoms with Crippen LogP contribution in [0.15, 0.2) is 12.2 Å². The van der Waals surface area contributed by atoms with Crippen LogP contribution in [0.4, 0.5) is 4.79 Å². The predicted molar refractivity (Wildman–Crippen MR) is 63.9 cm³/mol. The summed E-state index contributed by atoms with van der Waals surface area (Å²) in [6.45, 7) is -0.0857. The molecule has 2 unspecified atom stereocenters. The quantitative estimate of drug-likeness (QED) is 0.584. The fourth-order valence-corrected chi connectivity index (χ4v) is 1.52. The van der Waals surface area contributed by atoms with Crippen LogP contribution >= 0.6 is 0 Å². The third kappa shape index (κ3) is 4.08. The molecule has 0 aromatic carbocycles. The second-order valence-corrected chi connectivity index (χ2v) is 4.29. The smallest absolute Gasteiger partial charge is 0.315 e. The molecule has 1 rings (SSSR count). The molecule has 7 heteroatoms. The Bertz CT molecular complexity index is 378. The highest BCUT2D eigenvalue weighted by molar-refractivity contribution is 5.84. The van der Waals surface area contributed by atoms with E-state index in [4.69, 9.17) is 5.11 Å². The molecule has 3 amide bonds. The number of carbonyl (C=O) groups is 3. The van der Waals surface area contributed by atoms with Gasteiger partial charge < -0.3 is 20.6 Å². The molecule has 0 spiro atoms. The number of likely N-dealkylation sites (N-methyl/N-ethyl adjacent to an activating group) is 1. The lowest BCUT2D eigenvalue weighted by Gasteiger charge is -2.14. The van der Waals surface area contributed by atoms with Crippen molar-refractivity contribution in [3.63, 3.8) is 0 Å². The maximum absolute atomic E-state index is 11.4. The molecule has 1 aliphatic carbocycles. The minimum Gasteiger partial charge on any atom is -0.481 e. The molecule has 100 valence electrons. The van der Waals surface area contributed by atoms with Gasteiger partial charge in [0.2, 0.25) is 5.91 Å². The van der Waals surface area contributed by atoms with Gasteiger partial charge in [0, 0.05) is 14.1 Å². The Morgan fingerprint density at radius 3 is 2.50 bits per heavy atom. The molecule has 0 fully saturated rings. The lowest BCUT2D eigenvalue weighted by atomic mass is 10.1. The highest BCUT2D eigenvalue weighted by Crippen LogP contribution is 2.17. The summed E-state index contributed by atoms with van der Waals surface area (Å²) in [4.78, 5) is 34.7. The first-order chi connectivity index (χ1) is 8.40. The molecule has 18 heavy (non-hydrogen) atoms. The van der Waals surface area contributed by atoms with Crippen molar-refractivity contribution in [3.05, 3.63) is 12.2 Å². The van der Waals surface area contributed by atoms with Gasteiger partial charge in [-0.2, -0.15) is 0 Å². The Morgan fingerprint density at radius 2 is 2.00 bits per heavy atom. The molecule has 0 aliphatic heterocycles. The molecule has 0 saturated heterocycles. The number of amides is 3. The molecule has 7 nitrogen and oxygen atoms in total. The zero-order valence-corrected chi connectivity index (χ0v) is 10.3. The van der Waals surface area contributed by atoms with Crippen molar-refractivity contribution in [1.29, 1.82) is 0 Å². The van der Waals surface area contributed by atoms with Gasteiger partial charge >= 0.3 is 12.0 Å². The normalized spacial score (nSPS) is 21.4. The molecule has 0 heterocycles. The van der Waals surface area contributed by atoms with Crippen molar-refractivity contribution in [1.82, 2.24) is 15.5 Å². The third-order valence-electron chi connectivity index (χ3n) is 2.62.